The van der Waals surface area contributed by atoms with Crippen LogP contribution in [-0.2, 0) is 16.0 Å². The molecular weight excluding hydrogens is 512 g/mol. The number of halogens is 1. The predicted molar refractivity (Wildman–Crippen MR) is 147 cm³/mol. The van der Waals surface area contributed by atoms with E-state index < -0.39 is 6.35 Å². The first-order chi connectivity index (χ1) is 17.9. The first kappa shape index (κ1) is 25.5. The van der Waals surface area contributed by atoms with Crippen LogP contribution in [0, 0.1) is 0 Å². The van der Waals surface area contributed by atoms with Crippen LogP contribution in [0.1, 0.15) is 19.5 Å². The van der Waals surface area contributed by atoms with E-state index in [0.717, 1.165) is 45.7 Å². The van der Waals surface area contributed by atoms with Gasteiger partial charge in [0.05, 0.1) is 23.7 Å². The van der Waals surface area contributed by atoms with Gasteiger partial charge in [0, 0.05) is 42.3 Å². The summed E-state index contributed by atoms with van der Waals surface area (Å²) in [6.45, 7) is 5.37. The number of aromatic nitrogens is 3. The number of aliphatic hydroxyl groups is 1. The second kappa shape index (κ2) is 10.7. The van der Waals surface area contributed by atoms with Crippen molar-refractivity contribution >= 4 is 51.2 Å². The van der Waals surface area contributed by atoms with Gasteiger partial charge in [-0.15, -0.1) is 11.3 Å². The number of carbonyl (C=O) groups is 1. The van der Waals surface area contributed by atoms with Gasteiger partial charge in [-0.2, -0.15) is 0 Å². The lowest BCUT2D eigenvalue weighted by atomic mass is 10.2. The molecule has 1 saturated heterocycles. The Labute approximate surface area is 224 Å². The fourth-order valence-electron chi connectivity index (χ4n) is 4.55. The average molecular weight is 541 g/mol. The number of esters is 1. The van der Waals surface area contributed by atoms with E-state index in [-0.39, 0.29) is 12.5 Å². The standard InChI is InChI=1S/C26H29ClN6O3S/c1-4-20-24(30(3)25-29-21(16-37-25)17-6-8-18(27)9-7-17)33-14-19(10-11-22(33)28-20)32-13-12-31(26(32)35)15-23(34)36-5-2/h6-11,14,16,26,35H,4-5,12-13,15H2,1-3H3. The van der Waals surface area contributed by atoms with E-state index in [1.807, 2.05) is 64.3 Å². The van der Waals surface area contributed by atoms with Crippen LogP contribution < -0.4 is 9.80 Å². The zero-order valence-corrected chi connectivity index (χ0v) is 22.5. The average Bonchev–Trinajstić information content (AvgIpc) is 3.61. The number of fused-ring (bicyclic) bond motifs is 1. The molecule has 4 heterocycles. The highest BCUT2D eigenvalue weighted by Crippen LogP contribution is 2.35. The number of carbonyl (C=O) groups excluding carboxylic acids is 1. The van der Waals surface area contributed by atoms with Crippen molar-refractivity contribution in [3.8, 4) is 11.3 Å². The second-order valence-corrected chi connectivity index (χ2v) is 10.0. The van der Waals surface area contributed by atoms with E-state index >= 15 is 0 Å². The smallest absolute Gasteiger partial charge is 0.320 e. The minimum Gasteiger partial charge on any atom is -0.465 e. The highest BCUT2D eigenvalue weighted by Gasteiger charge is 2.32. The van der Waals surface area contributed by atoms with Crippen LogP contribution in [0.4, 0.5) is 16.6 Å². The molecule has 0 bridgehead atoms. The molecule has 1 N–H and O–H groups in total. The third kappa shape index (κ3) is 5.02. The Morgan fingerprint density at radius 3 is 2.70 bits per heavy atom. The first-order valence-corrected chi connectivity index (χ1v) is 13.5. The molecular formula is C26H29ClN6O3S. The Balaban J connectivity index is 1.44. The van der Waals surface area contributed by atoms with Gasteiger partial charge in [0.1, 0.15) is 18.0 Å². The van der Waals surface area contributed by atoms with Crippen molar-refractivity contribution < 1.29 is 14.6 Å². The Hall–Kier alpha value is -3.18. The third-order valence-electron chi connectivity index (χ3n) is 6.42. The zero-order chi connectivity index (χ0) is 26.1. The molecule has 37 heavy (non-hydrogen) atoms. The monoisotopic (exact) mass is 540 g/mol. The lowest BCUT2D eigenvalue weighted by molar-refractivity contribution is -0.146. The van der Waals surface area contributed by atoms with E-state index in [1.165, 1.54) is 0 Å². The van der Waals surface area contributed by atoms with Crippen LogP contribution in [0.15, 0.2) is 48.0 Å². The topological polar surface area (TPSA) is 86.4 Å². The number of rotatable bonds is 8. The highest BCUT2D eigenvalue weighted by molar-refractivity contribution is 7.14. The maximum Gasteiger partial charge on any atom is 0.320 e. The van der Waals surface area contributed by atoms with E-state index in [4.69, 9.17) is 26.3 Å². The van der Waals surface area contributed by atoms with Crippen LogP contribution >= 0.6 is 22.9 Å². The molecule has 1 atom stereocenters. The van der Waals surface area contributed by atoms with Crippen molar-refractivity contribution in [3.05, 3.63) is 58.7 Å². The summed E-state index contributed by atoms with van der Waals surface area (Å²) in [6, 6.07) is 11.6. The third-order valence-corrected chi connectivity index (χ3v) is 7.59. The van der Waals surface area contributed by atoms with Crippen molar-refractivity contribution in [1.29, 1.82) is 0 Å². The molecule has 11 heteroatoms. The number of imidazole rings is 1. The van der Waals surface area contributed by atoms with Crippen molar-refractivity contribution in [2.75, 3.05) is 43.1 Å². The van der Waals surface area contributed by atoms with E-state index in [1.54, 1.807) is 23.2 Å². The molecule has 1 aromatic carbocycles. The van der Waals surface area contributed by atoms with Gasteiger partial charge in [-0.1, -0.05) is 30.7 Å². The molecule has 0 amide bonds. The number of pyridine rings is 1. The summed E-state index contributed by atoms with van der Waals surface area (Å²) in [5.41, 5.74) is 4.50. The minimum atomic E-state index is -0.918. The summed E-state index contributed by atoms with van der Waals surface area (Å²) >= 11 is 7.61. The molecule has 9 nitrogen and oxygen atoms in total. The number of nitrogens with zero attached hydrogens (tertiary/aromatic N) is 6. The number of benzene rings is 1. The molecule has 4 aromatic rings. The summed E-state index contributed by atoms with van der Waals surface area (Å²) in [5, 5.41) is 14.5. The number of aryl methyl sites for hydroxylation is 1. The van der Waals surface area contributed by atoms with Crippen molar-refractivity contribution in [2.45, 2.75) is 26.6 Å². The Bertz CT molecular complexity index is 1410. The molecule has 1 aliphatic rings. The molecule has 1 fully saturated rings. The number of ether oxygens (including phenoxy) is 1. The molecule has 0 spiro atoms. The first-order valence-electron chi connectivity index (χ1n) is 12.2. The van der Waals surface area contributed by atoms with E-state index in [9.17, 15) is 9.90 Å². The summed E-state index contributed by atoms with van der Waals surface area (Å²) in [5.74, 6) is 0.583. The van der Waals surface area contributed by atoms with Gasteiger partial charge in [-0.3, -0.25) is 9.20 Å². The maximum absolute atomic E-state index is 11.9. The van der Waals surface area contributed by atoms with Crippen LogP contribution in [0.5, 0.6) is 0 Å². The Kier molecular flexibility index (Phi) is 7.34. The molecule has 5 rings (SSSR count). The van der Waals surface area contributed by atoms with Gasteiger partial charge >= 0.3 is 5.97 Å². The predicted octanol–water partition coefficient (Wildman–Crippen LogP) is 4.40. The summed E-state index contributed by atoms with van der Waals surface area (Å²) in [6.07, 6.45) is 1.82. The zero-order valence-electron chi connectivity index (χ0n) is 21.0. The number of aliphatic hydroxyl groups excluding tert-OH is 1. The fourth-order valence-corrected chi connectivity index (χ4v) is 5.48. The molecule has 1 unspecified atom stereocenters. The van der Waals surface area contributed by atoms with Gasteiger partial charge in [0.2, 0.25) is 0 Å². The maximum atomic E-state index is 11.9. The number of anilines is 3. The second-order valence-electron chi connectivity index (χ2n) is 8.75. The summed E-state index contributed by atoms with van der Waals surface area (Å²) < 4.78 is 7.09. The van der Waals surface area contributed by atoms with Gasteiger partial charge < -0.3 is 19.6 Å². The molecule has 3 aromatic heterocycles. The SMILES string of the molecule is CCOC(=O)CN1CCN(c2ccc3nc(CC)c(N(C)c4nc(-c5ccc(Cl)cc5)cs4)n3c2)C1O. The van der Waals surface area contributed by atoms with Gasteiger partial charge in [-0.05, 0) is 37.6 Å². The summed E-state index contributed by atoms with van der Waals surface area (Å²) in [4.78, 5) is 27.3. The van der Waals surface area contributed by atoms with Crippen LogP contribution in [-0.4, -0.2) is 70.0 Å². The molecule has 1 aliphatic heterocycles. The largest absolute Gasteiger partial charge is 0.465 e. The van der Waals surface area contributed by atoms with E-state index in [2.05, 4.69) is 11.8 Å². The minimum absolute atomic E-state index is 0.0484. The number of hydrogen-bond acceptors (Lipinski definition) is 9. The van der Waals surface area contributed by atoms with Crippen molar-refractivity contribution in [3.63, 3.8) is 0 Å². The number of thiazole rings is 1. The van der Waals surface area contributed by atoms with Gasteiger partial charge in [0.25, 0.3) is 0 Å². The van der Waals surface area contributed by atoms with Crippen molar-refractivity contribution in [2.24, 2.45) is 0 Å². The van der Waals surface area contributed by atoms with Gasteiger partial charge in [-0.25, -0.2) is 14.9 Å². The Morgan fingerprint density at radius 1 is 1.19 bits per heavy atom. The lowest BCUT2D eigenvalue weighted by Gasteiger charge is -2.26. The quantitative estimate of drug-likeness (QED) is 0.329. The summed E-state index contributed by atoms with van der Waals surface area (Å²) in [7, 11) is 1.99. The van der Waals surface area contributed by atoms with Crippen LogP contribution in [0.25, 0.3) is 16.9 Å². The fraction of sp³-hybridized carbons (Fsp3) is 0.346. The van der Waals surface area contributed by atoms with E-state index in [0.29, 0.717) is 24.7 Å². The highest BCUT2D eigenvalue weighted by atomic mass is 35.5. The lowest BCUT2D eigenvalue weighted by Crippen LogP contribution is -2.41. The number of hydrogen-bond donors (Lipinski definition) is 1. The van der Waals surface area contributed by atoms with Crippen LogP contribution in [0.2, 0.25) is 5.02 Å². The molecule has 194 valence electrons. The Morgan fingerprint density at radius 2 is 1.97 bits per heavy atom. The van der Waals surface area contributed by atoms with Crippen molar-refractivity contribution in [1.82, 2.24) is 19.3 Å². The van der Waals surface area contributed by atoms with Gasteiger partial charge in [0.15, 0.2) is 11.5 Å². The normalized spacial score (nSPS) is 16.0. The molecule has 0 radical (unpaired) electrons. The molecule has 0 aliphatic carbocycles. The molecule has 0 saturated carbocycles. The van der Waals surface area contributed by atoms with Crippen LogP contribution in [0.3, 0.4) is 0 Å².